The van der Waals surface area contributed by atoms with Crippen LogP contribution in [0, 0.1) is 11.6 Å². The Kier molecular flexibility index (Phi) is 5.10. The zero-order valence-electron chi connectivity index (χ0n) is 11.9. The number of rotatable bonds is 6. The van der Waals surface area contributed by atoms with E-state index in [1.54, 1.807) is 24.3 Å². The fourth-order valence-electron chi connectivity index (χ4n) is 1.81. The minimum absolute atomic E-state index is 0.0367. The third-order valence-corrected chi connectivity index (χ3v) is 4.91. The van der Waals surface area contributed by atoms with E-state index in [1.165, 1.54) is 7.05 Å². The van der Waals surface area contributed by atoms with Crippen LogP contribution in [-0.4, -0.2) is 32.9 Å². The Labute approximate surface area is 128 Å². The maximum atomic E-state index is 13.6. The maximum Gasteiger partial charge on any atom is 0.248 e. The first kappa shape index (κ1) is 16.4. The second-order valence-electron chi connectivity index (χ2n) is 4.54. The number of benzene rings is 2. The Morgan fingerprint density at radius 3 is 2.18 bits per heavy atom. The smallest absolute Gasteiger partial charge is 0.248 e. The third kappa shape index (κ3) is 3.61. The number of para-hydroxylation sites is 1. The van der Waals surface area contributed by atoms with Crippen LogP contribution >= 0.6 is 0 Å². The highest BCUT2D eigenvalue weighted by Crippen LogP contribution is 2.21. The van der Waals surface area contributed by atoms with Crippen molar-refractivity contribution in [2.75, 3.05) is 20.2 Å². The van der Waals surface area contributed by atoms with Gasteiger partial charge >= 0.3 is 0 Å². The van der Waals surface area contributed by atoms with Crippen LogP contribution in [0.15, 0.2) is 53.4 Å². The molecule has 0 fully saturated rings. The first-order chi connectivity index (χ1) is 10.4. The van der Waals surface area contributed by atoms with Crippen LogP contribution in [0.25, 0.3) is 0 Å². The van der Waals surface area contributed by atoms with Gasteiger partial charge < -0.3 is 4.74 Å². The fourth-order valence-corrected chi connectivity index (χ4v) is 3.07. The van der Waals surface area contributed by atoms with Gasteiger partial charge in [0.15, 0.2) is 4.90 Å². The van der Waals surface area contributed by atoms with Gasteiger partial charge in [-0.2, -0.15) is 4.31 Å². The van der Waals surface area contributed by atoms with Gasteiger partial charge in [0.2, 0.25) is 10.0 Å². The molecule has 0 spiro atoms. The second kappa shape index (κ2) is 6.85. The lowest BCUT2D eigenvalue weighted by atomic mass is 10.3. The summed E-state index contributed by atoms with van der Waals surface area (Å²) in [6.07, 6.45) is 0. The summed E-state index contributed by atoms with van der Waals surface area (Å²) in [4.78, 5) is -0.947. The zero-order chi connectivity index (χ0) is 16.2. The van der Waals surface area contributed by atoms with Crippen molar-refractivity contribution in [1.29, 1.82) is 0 Å². The molecule has 0 radical (unpaired) electrons. The van der Waals surface area contributed by atoms with Crippen LogP contribution in [0.4, 0.5) is 8.78 Å². The van der Waals surface area contributed by atoms with E-state index in [-0.39, 0.29) is 13.2 Å². The van der Waals surface area contributed by atoms with Crippen molar-refractivity contribution in [1.82, 2.24) is 4.31 Å². The van der Waals surface area contributed by atoms with E-state index in [9.17, 15) is 17.2 Å². The molecule has 0 aliphatic heterocycles. The molecule has 4 nitrogen and oxygen atoms in total. The van der Waals surface area contributed by atoms with Gasteiger partial charge in [0.1, 0.15) is 24.0 Å². The molecule has 0 aliphatic carbocycles. The van der Waals surface area contributed by atoms with Crippen molar-refractivity contribution in [2.45, 2.75) is 4.90 Å². The van der Waals surface area contributed by atoms with Gasteiger partial charge in [-0.15, -0.1) is 0 Å². The standard InChI is InChI=1S/C15H15F2NO3S/c1-18(10-11-21-12-6-3-2-4-7-12)22(19,20)15-13(16)8-5-9-14(15)17/h2-9H,10-11H2,1H3. The summed E-state index contributed by atoms with van der Waals surface area (Å²) in [6.45, 7) is 0.0286. The molecule has 0 aromatic heterocycles. The predicted molar refractivity (Wildman–Crippen MR) is 78.1 cm³/mol. The third-order valence-electron chi connectivity index (χ3n) is 3.01. The second-order valence-corrected chi connectivity index (χ2v) is 6.52. The number of halogens is 2. The molecule has 2 aromatic rings. The molecule has 0 unspecified atom stereocenters. The molecule has 0 N–H and O–H groups in total. The highest BCUT2D eigenvalue weighted by Gasteiger charge is 2.28. The summed E-state index contributed by atoms with van der Waals surface area (Å²) in [5.74, 6) is -1.64. The Morgan fingerprint density at radius 1 is 1.00 bits per heavy atom. The summed E-state index contributed by atoms with van der Waals surface area (Å²) < 4.78 is 57.9. The highest BCUT2D eigenvalue weighted by atomic mass is 32.2. The minimum Gasteiger partial charge on any atom is -0.492 e. The van der Waals surface area contributed by atoms with Gasteiger partial charge in [0.05, 0.1) is 0 Å². The van der Waals surface area contributed by atoms with E-state index in [0.717, 1.165) is 22.5 Å². The van der Waals surface area contributed by atoms with Crippen LogP contribution in [-0.2, 0) is 10.0 Å². The molecule has 2 aromatic carbocycles. The van der Waals surface area contributed by atoms with E-state index in [1.807, 2.05) is 6.07 Å². The van der Waals surface area contributed by atoms with Gasteiger partial charge in [0, 0.05) is 13.6 Å². The van der Waals surface area contributed by atoms with Gasteiger partial charge in [-0.25, -0.2) is 17.2 Å². The normalized spacial score (nSPS) is 11.6. The average molecular weight is 327 g/mol. The van der Waals surface area contributed by atoms with Gasteiger partial charge in [-0.3, -0.25) is 0 Å². The lowest BCUT2D eigenvalue weighted by molar-refractivity contribution is 0.286. The monoisotopic (exact) mass is 327 g/mol. The molecular weight excluding hydrogens is 312 g/mol. The molecule has 0 saturated heterocycles. The Hall–Kier alpha value is -1.99. The Balaban J connectivity index is 2.06. The number of nitrogens with zero attached hydrogens (tertiary/aromatic N) is 1. The van der Waals surface area contributed by atoms with Gasteiger partial charge in [-0.1, -0.05) is 24.3 Å². The van der Waals surface area contributed by atoms with E-state index < -0.39 is 26.6 Å². The van der Waals surface area contributed by atoms with E-state index in [2.05, 4.69) is 0 Å². The van der Waals surface area contributed by atoms with E-state index >= 15 is 0 Å². The highest BCUT2D eigenvalue weighted by molar-refractivity contribution is 7.89. The molecule has 0 atom stereocenters. The molecule has 0 aliphatic rings. The molecule has 118 valence electrons. The van der Waals surface area contributed by atoms with Crippen molar-refractivity contribution in [2.24, 2.45) is 0 Å². The quantitative estimate of drug-likeness (QED) is 0.819. The Morgan fingerprint density at radius 2 is 1.59 bits per heavy atom. The maximum absolute atomic E-state index is 13.6. The summed E-state index contributed by atoms with van der Waals surface area (Å²) in [5, 5.41) is 0. The number of sulfonamides is 1. The number of hydrogen-bond donors (Lipinski definition) is 0. The number of ether oxygens (including phenoxy) is 1. The van der Waals surface area contributed by atoms with Crippen LogP contribution in [0.2, 0.25) is 0 Å². The lowest BCUT2D eigenvalue weighted by Crippen LogP contribution is -2.32. The largest absolute Gasteiger partial charge is 0.492 e. The zero-order valence-corrected chi connectivity index (χ0v) is 12.7. The van der Waals surface area contributed by atoms with Crippen molar-refractivity contribution in [3.8, 4) is 5.75 Å². The summed E-state index contributed by atoms with van der Waals surface area (Å²) >= 11 is 0. The molecular formula is C15H15F2NO3S. The van der Waals surface area contributed by atoms with Gasteiger partial charge in [0.25, 0.3) is 0 Å². The summed E-state index contributed by atoms with van der Waals surface area (Å²) in [7, 11) is -3.01. The molecule has 7 heteroatoms. The minimum atomic E-state index is -4.25. The van der Waals surface area contributed by atoms with E-state index in [0.29, 0.717) is 5.75 Å². The fraction of sp³-hybridized carbons (Fsp3) is 0.200. The first-order valence-corrected chi connectivity index (χ1v) is 7.95. The molecule has 0 heterocycles. The van der Waals surface area contributed by atoms with Crippen molar-refractivity contribution in [3.63, 3.8) is 0 Å². The molecule has 0 saturated carbocycles. The molecule has 22 heavy (non-hydrogen) atoms. The molecule has 0 amide bonds. The molecule has 0 bridgehead atoms. The van der Waals surface area contributed by atoms with Crippen LogP contribution in [0.5, 0.6) is 5.75 Å². The van der Waals surface area contributed by atoms with Gasteiger partial charge in [-0.05, 0) is 24.3 Å². The van der Waals surface area contributed by atoms with Crippen LogP contribution in [0.1, 0.15) is 0 Å². The van der Waals surface area contributed by atoms with Crippen molar-refractivity contribution < 1.29 is 21.9 Å². The lowest BCUT2D eigenvalue weighted by Gasteiger charge is -2.18. The van der Waals surface area contributed by atoms with Crippen LogP contribution in [0.3, 0.4) is 0 Å². The van der Waals surface area contributed by atoms with Crippen LogP contribution < -0.4 is 4.74 Å². The Bertz CT molecular complexity index is 715. The number of hydrogen-bond acceptors (Lipinski definition) is 3. The topological polar surface area (TPSA) is 46.6 Å². The first-order valence-electron chi connectivity index (χ1n) is 6.51. The summed E-state index contributed by atoms with van der Waals surface area (Å²) in [5.41, 5.74) is 0. The number of likely N-dealkylation sites (N-methyl/N-ethyl adjacent to an activating group) is 1. The SMILES string of the molecule is CN(CCOc1ccccc1)S(=O)(=O)c1c(F)cccc1F. The predicted octanol–water partition coefficient (Wildman–Crippen LogP) is 2.66. The summed E-state index contributed by atoms with van der Waals surface area (Å²) in [6, 6.07) is 11.8. The van der Waals surface area contributed by atoms with Crippen molar-refractivity contribution in [3.05, 3.63) is 60.2 Å². The average Bonchev–Trinajstić information content (AvgIpc) is 2.47. The van der Waals surface area contributed by atoms with Crippen molar-refractivity contribution >= 4 is 10.0 Å². The molecule has 2 rings (SSSR count). The van der Waals surface area contributed by atoms with E-state index in [4.69, 9.17) is 4.74 Å².